The summed E-state index contributed by atoms with van der Waals surface area (Å²) in [6.45, 7) is 6.01. The second kappa shape index (κ2) is 6.68. The maximum absolute atomic E-state index is 11.5. The van der Waals surface area contributed by atoms with Crippen LogP contribution in [0.1, 0.15) is 39.0 Å². The molecule has 110 valence electrons. The van der Waals surface area contributed by atoms with Crippen molar-refractivity contribution in [3.05, 3.63) is 0 Å². The Bertz CT molecular complexity index is 303. The van der Waals surface area contributed by atoms with Gasteiger partial charge in [-0.25, -0.2) is 0 Å². The van der Waals surface area contributed by atoms with Gasteiger partial charge < -0.3 is 10.8 Å². The highest BCUT2D eigenvalue weighted by Gasteiger charge is 2.30. The molecule has 5 heteroatoms. The molecule has 3 N–H and O–H groups in total. The van der Waals surface area contributed by atoms with E-state index < -0.39 is 0 Å². The third-order valence-corrected chi connectivity index (χ3v) is 4.56. The molecule has 0 aromatic rings. The van der Waals surface area contributed by atoms with Gasteiger partial charge in [0.15, 0.2) is 0 Å². The van der Waals surface area contributed by atoms with E-state index in [0.29, 0.717) is 6.04 Å². The van der Waals surface area contributed by atoms with Crippen molar-refractivity contribution in [2.45, 2.75) is 57.2 Å². The number of hydrogen-bond donors (Lipinski definition) is 2. The maximum atomic E-state index is 11.5. The quantitative estimate of drug-likeness (QED) is 0.763. The minimum atomic E-state index is -0.180. The molecule has 0 bridgehead atoms. The number of aliphatic hydroxyl groups excluding tert-OH is 1. The predicted octanol–water partition coefficient (Wildman–Crippen LogP) is 0.171. The summed E-state index contributed by atoms with van der Waals surface area (Å²) >= 11 is 0. The van der Waals surface area contributed by atoms with Crippen molar-refractivity contribution in [3.63, 3.8) is 0 Å². The van der Waals surface area contributed by atoms with Crippen LogP contribution in [-0.2, 0) is 4.79 Å². The molecule has 0 saturated carbocycles. The van der Waals surface area contributed by atoms with Crippen molar-refractivity contribution >= 4 is 5.91 Å². The molecule has 0 aromatic carbocycles. The van der Waals surface area contributed by atoms with Crippen LogP contribution in [0.25, 0.3) is 0 Å². The lowest BCUT2D eigenvalue weighted by molar-refractivity contribution is -0.124. The zero-order valence-electron chi connectivity index (χ0n) is 11.9. The Labute approximate surface area is 115 Å². The lowest BCUT2D eigenvalue weighted by Crippen LogP contribution is -2.53. The van der Waals surface area contributed by atoms with Crippen LogP contribution in [-0.4, -0.2) is 65.2 Å². The standard InChI is InChI=1S/C14H27N3O2/c1-11(16-8-5-12(18)6-9-16)10-17-7-3-2-4-13(17)14(15)19/h11-13,18H,2-10H2,1H3,(H2,15,19)/t11-,13?/m0/s1. The van der Waals surface area contributed by atoms with Crippen LogP contribution in [0.15, 0.2) is 0 Å². The number of primary amides is 1. The first-order chi connectivity index (χ1) is 9.08. The average molecular weight is 269 g/mol. The third-order valence-electron chi connectivity index (χ3n) is 4.56. The van der Waals surface area contributed by atoms with Gasteiger partial charge in [-0.1, -0.05) is 6.42 Å². The van der Waals surface area contributed by atoms with Gasteiger partial charge in [-0.3, -0.25) is 14.6 Å². The first-order valence-electron chi connectivity index (χ1n) is 7.53. The van der Waals surface area contributed by atoms with Crippen LogP contribution in [0.5, 0.6) is 0 Å². The predicted molar refractivity (Wildman–Crippen MR) is 74.7 cm³/mol. The first kappa shape index (κ1) is 14.8. The normalized spacial score (nSPS) is 29.3. The number of rotatable bonds is 4. The van der Waals surface area contributed by atoms with Crippen LogP contribution < -0.4 is 5.73 Å². The second-order valence-electron chi connectivity index (χ2n) is 6.03. The van der Waals surface area contributed by atoms with Crippen LogP contribution in [0.2, 0.25) is 0 Å². The summed E-state index contributed by atoms with van der Waals surface area (Å²) in [5.41, 5.74) is 5.50. The van der Waals surface area contributed by atoms with E-state index in [9.17, 15) is 9.90 Å². The van der Waals surface area contributed by atoms with Gasteiger partial charge in [0, 0.05) is 25.7 Å². The zero-order chi connectivity index (χ0) is 13.8. The lowest BCUT2D eigenvalue weighted by Gasteiger charge is -2.40. The number of nitrogens with two attached hydrogens (primary N) is 1. The smallest absolute Gasteiger partial charge is 0.234 e. The molecule has 2 aliphatic heterocycles. The number of carbonyl (C=O) groups excluding carboxylic acids is 1. The fraction of sp³-hybridized carbons (Fsp3) is 0.929. The van der Waals surface area contributed by atoms with Gasteiger partial charge in [0.05, 0.1) is 12.1 Å². The van der Waals surface area contributed by atoms with Crippen molar-refractivity contribution in [1.29, 1.82) is 0 Å². The number of hydrogen-bond acceptors (Lipinski definition) is 4. The molecule has 5 nitrogen and oxygen atoms in total. The van der Waals surface area contributed by atoms with E-state index in [0.717, 1.165) is 58.3 Å². The van der Waals surface area contributed by atoms with E-state index in [4.69, 9.17) is 5.73 Å². The number of piperidine rings is 2. The molecule has 2 saturated heterocycles. The summed E-state index contributed by atoms with van der Waals surface area (Å²) in [6.07, 6.45) is 4.77. The Morgan fingerprint density at radius 1 is 1.26 bits per heavy atom. The Kier molecular flexibility index (Phi) is 5.19. The molecular formula is C14H27N3O2. The molecule has 2 rings (SSSR count). The highest BCUT2D eigenvalue weighted by atomic mass is 16.3. The van der Waals surface area contributed by atoms with Crippen molar-refractivity contribution in [2.75, 3.05) is 26.2 Å². The Morgan fingerprint density at radius 3 is 2.58 bits per heavy atom. The fourth-order valence-electron chi connectivity index (χ4n) is 3.31. The molecule has 0 radical (unpaired) electrons. The van der Waals surface area contributed by atoms with E-state index in [1.165, 1.54) is 0 Å². The molecule has 2 atom stereocenters. The third kappa shape index (κ3) is 3.91. The molecule has 1 amide bonds. The number of amides is 1. The van der Waals surface area contributed by atoms with E-state index in [-0.39, 0.29) is 18.1 Å². The number of likely N-dealkylation sites (tertiary alicyclic amines) is 2. The van der Waals surface area contributed by atoms with E-state index in [1.807, 2.05) is 0 Å². The summed E-state index contributed by atoms with van der Waals surface area (Å²) in [6, 6.07) is 0.346. The molecule has 2 aliphatic rings. The highest BCUT2D eigenvalue weighted by molar-refractivity contribution is 5.79. The summed E-state index contributed by atoms with van der Waals surface area (Å²) in [4.78, 5) is 16.2. The minimum absolute atomic E-state index is 0.0772. The number of carbonyl (C=O) groups is 1. The topological polar surface area (TPSA) is 69.8 Å². The van der Waals surface area contributed by atoms with Gasteiger partial charge >= 0.3 is 0 Å². The van der Waals surface area contributed by atoms with Gasteiger partial charge in [0.1, 0.15) is 0 Å². The summed E-state index contributed by atoms with van der Waals surface area (Å²) in [5, 5.41) is 9.55. The number of nitrogens with zero attached hydrogens (tertiary/aromatic N) is 2. The lowest BCUT2D eigenvalue weighted by atomic mass is 10.00. The summed E-state index contributed by atoms with van der Waals surface area (Å²) in [7, 11) is 0. The summed E-state index contributed by atoms with van der Waals surface area (Å²) < 4.78 is 0. The van der Waals surface area contributed by atoms with Crippen LogP contribution >= 0.6 is 0 Å². The van der Waals surface area contributed by atoms with Crippen LogP contribution in [0, 0.1) is 0 Å². The largest absolute Gasteiger partial charge is 0.393 e. The van der Waals surface area contributed by atoms with E-state index >= 15 is 0 Å². The molecule has 19 heavy (non-hydrogen) atoms. The van der Waals surface area contributed by atoms with E-state index in [1.54, 1.807) is 0 Å². The Balaban J connectivity index is 1.86. The highest BCUT2D eigenvalue weighted by Crippen LogP contribution is 2.19. The van der Waals surface area contributed by atoms with Gasteiger partial charge in [-0.05, 0) is 39.2 Å². The molecule has 2 fully saturated rings. The van der Waals surface area contributed by atoms with Crippen molar-refractivity contribution in [1.82, 2.24) is 9.80 Å². The fourth-order valence-corrected chi connectivity index (χ4v) is 3.31. The monoisotopic (exact) mass is 269 g/mol. The zero-order valence-corrected chi connectivity index (χ0v) is 11.9. The first-order valence-corrected chi connectivity index (χ1v) is 7.53. The van der Waals surface area contributed by atoms with Gasteiger partial charge in [-0.2, -0.15) is 0 Å². The Hall–Kier alpha value is -0.650. The van der Waals surface area contributed by atoms with Gasteiger partial charge in [0.2, 0.25) is 5.91 Å². The SMILES string of the molecule is C[C@@H](CN1CCCCC1C(N)=O)N1CCC(O)CC1. The van der Waals surface area contributed by atoms with Crippen LogP contribution in [0.4, 0.5) is 0 Å². The molecular weight excluding hydrogens is 242 g/mol. The van der Waals surface area contributed by atoms with E-state index in [2.05, 4.69) is 16.7 Å². The van der Waals surface area contributed by atoms with Crippen molar-refractivity contribution in [2.24, 2.45) is 5.73 Å². The maximum Gasteiger partial charge on any atom is 0.234 e. The number of aliphatic hydroxyl groups is 1. The average Bonchev–Trinajstić information content (AvgIpc) is 2.39. The molecule has 1 unspecified atom stereocenters. The van der Waals surface area contributed by atoms with Gasteiger partial charge in [0.25, 0.3) is 0 Å². The molecule has 0 aliphatic carbocycles. The molecule has 2 heterocycles. The molecule has 0 spiro atoms. The molecule has 0 aromatic heterocycles. The Morgan fingerprint density at radius 2 is 1.95 bits per heavy atom. The van der Waals surface area contributed by atoms with Crippen molar-refractivity contribution < 1.29 is 9.90 Å². The van der Waals surface area contributed by atoms with Gasteiger partial charge in [-0.15, -0.1) is 0 Å². The summed E-state index contributed by atoms with van der Waals surface area (Å²) in [5.74, 6) is -0.180. The minimum Gasteiger partial charge on any atom is -0.393 e. The van der Waals surface area contributed by atoms with Crippen LogP contribution in [0.3, 0.4) is 0 Å². The van der Waals surface area contributed by atoms with Crippen molar-refractivity contribution in [3.8, 4) is 0 Å². The second-order valence-corrected chi connectivity index (χ2v) is 6.03.